The second-order valence-electron chi connectivity index (χ2n) is 8.09. The van der Waals surface area contributed by atoms with Crippen LogP contribution in [0.15, 0.2) is 41.0 Å². The van der Waals surface area contributed by atoms with Gasteiger partial charge in [0, 0.05) is 38.3 Å². The fraction of sp³-hybridized carbons (Fsp3) is 0.522. The summed E-state index contributed by atoms with van der Waals surface area (Å²) in [5.41, 5.74) is 3.06. The molecule has 2 saturated heterocycles. The molecule has 2 aliphatic heterocycles. The number of furan rings is 1. The first-order valence-electron chi connectivity index (χ1n) is 10.5. The molecule has 29 heavy (non-hydrogen) atoms. The first-order valence-corrected chi connectivity index (χ1v) is 10.5. The SMILES string of the molecule is Cc1cccc(C2(CNC(=O)c3ccoc3CN3CCOCC3)CCOCC2)c1. The van der Waals surface area contributed by atoms with Crippen molar-refractivity contribution in [2.75, 3.05) is 46.1 Å². The van der Waals surface area contributed by atoms with Gasteiger partial charge in [0.25, 0.3) is 5.91 Å². The number of hydrogen-bond acceptors (Lipinski definition) is 5. The zero-order chi connectivity index (χ0) is 20.1. The summed E-state index contributed by atoms with van der Waals surface area (Å²) in [5, 5.41) is 3.19. The summed E-state index contributed by atoms with van der Waals surface area (Å²) in [7, 11) is 0. The zero-order valence-corrected chi connectivity index (χ0v) is 17.1. The maximum Gasteiger partial charge on any atom is 0.254 e. The first-order chi connectivity index (χ1) is 14.2. The third-order valence-corrected chi connectivity index (χ3v) is 6.13. The van der Waals surface area contributed by atoms with Gasteiger partial charge in [-0.1, -0.05) is 29.8 Å². The molecular formula is C23H30N2O4. The second kappa shape index (κ2) is 9.11. The molecule has 0 bridgehead atoms. The molecule has 1 aromatic heterocycles. The molecule has 156 valence electrons. The molecule has 1 N–H and O–H groups in total. The normalized spacial score (nSPS) is 19.8. The molecule has 6 nitrogen and oxygen atoms in total. The number of carbonyl (C=O) groups is 1. The molecule has 0 atom stereocenters. The number of benzene rings is 1. The van der Waals surface area contributed by atoms with E-state index < -0.39 is 0 Å². The maximum atomic E-state index is 13.0. The molecule has 1 amide bonds. The van der Waals surface area contributed by atoms with Crippen molar-refractivity contribution >= 4 is 5.91 Å². The third-order valence-electron chi connectivity index (χ3n) is 6.13. The van der Waals surface area contributed by atoms with E-state index in [0.29, 0.717) is 18.7 Å². The minimum absolute atomic E-state index is 0.0690. The summed E-state index contributed by atoms with van der Waals surface area (Å²) < 4.78 is 16.7. The summed E-state index contributed by atoms with van der Waals surface area (Å²) in [5.74, 6) is 0.654. The Labute approximate surface area is 172 Å². The van der Waals surface area contributed by atoms with Crippen LogP contribution in [0.2, 0.25) is 0 Å². The maximum absolute atomic E-state index is 13.0. The van der Waals surface area contributed by atoms with Gasteiger partial charge >= 0.3 is 0 Å². The molecule has 4 rings (SSSR count). The molecule has 2 fully saturated rings. The van der Waals surface area contributed by atoms with Crippen molar-refractivity contribution in [1.82, 2.24) is 10.2 Å². The minimum Gasteiger partial charge on any atom is -0.467 e. The average Bonchev–Trinajstić information content (AvgIpc) is 3.22. The third kappa shape index (κ3) is 4.71. The summed E-state index contributed by atoms with van der Waals surface area (Å²) in [6.45, 7) is 7.95. The Morgan fingerprint density at radius 2 is 1.86 bits per heavy atom. The highest BCUT2D eigenvalue weighted by Gasteiger charge is 2.35. The van der Waals surface area contributed by atoms with Gasteiger partial charge < -0.3 is 19.2 Å². The van der Waals surface area contributed by atoms with Crippen molar-refractivity contribution in [2.24, 2.45) is 0 Å². The van der Waals surface area contributed by atoms with E-state index in [0.717, 1.165) is 58.1 Å². The number of morpholine rings is 1. The van der Waals surface area contributed by atoms with Crippen molar-refractivity contribution < 1.29 is 18.7 Å². The Bertz CT molecular complexity index is 820. The average molecular weight is 399 g/mol. The highest BCUT2D eigenvalue weighted by Crippen LogP contribution is 2.35. The van der Waals surface area contributed by atoms with Gasteiger partial charge in [0.2, 0.25) is 0 Å². The lowest BCUT2D eigenvalue weighted by atomic mass is 9.73. The predicted molar refractivity (Wildman–Crippen MR) is 110 cm³/mol. The summed E-state index contributed by atoms with van der Waals surface area (Å²) in [4.78, 5) is 15.3. The molecule has 2 aromatic rings. The van der Waals surface area contributed by atoms with Crippen molar-refractivity contribution in [2.45, 2.75) is 31.7 Å². The Morgan fingerprint density at radius 1 is 1.10 bits per heavy atom. The van der Waals surface area contributed by atoms with Crippen molar-refractivity contribution in [3.63, 3.8) is 0 Å². The molecular weight excluding hydrogens is 368 g/mol. The number of ether oxygens (including phenoxy) is 2. The molecule has 0 aliphatic carbocycles. The molecule has 0 spiro atoms. The van der Waals surface area contributed by atoms with E-state index in [1.807, 2.05) is 0 Å². The van der Waals surface area contributed by atoms with Crippen LogP contribution in [0.3, 0.4) is 0 Å². The highest BCUT2D eigenvalue weighted by atomic mass is 16.5. The van der Waals surface area contributed by atoms with Crippen LogP contribution >= 0.6 is 0 Å². The van der Waals surface area contributed by atoms with E-state index in [-0.39, 0.29) is 11.3 Å². The van der Waals surface area contributed by atoms with Gasteiger partial charge in [-0.3, -0.25) is 9.69 Å². The van der Waals surface area contributed by atoms with Crippen LogP contribution in [0.4, 0.5) is 0 Å². The van der Waals surface area contributed by atoms with Gasteiger partial charge in [0.1, 0.15) is 5.76 Å². The highest BCUT2D eigenvalue weighted by molar-refractivity contribution is 5.95. The topological polar surface area (TPSA) is 63.9 Å². The van der Waals surface area contributed by atoms with Gasteiger partial charge in [0.15, 0.2) is 0 Å². The number of hydrogen-bond donors (Lipinski definition) is 1. The molecule has 0 saturated carbocycles. The predicted octanol–water partition coefficient (Wildman–Crippen LogP) is 2.90. The number of amides is 1. The van der Waals surface area contributed by atoms with Crippen LogP contribution < -0.4 is 5.32 Å². The number of rotatable bonds is 6. The fourth-order valence-electron chi connectivity index (χ4n) is 4.28. The Kier molecular flexibility index (Phi) is 6.33. The van der Waals surface area contributed by atoms with Crippen LogP contribution in [0.1, 0.15) is 40.1 Å². The van der Waals surface area contributed by atoms with Crippen LogP contribution in [-0.4, -0.2) is 56.9 Å². The summed E-state index contributed by atoms with van der Waals surface area (Å²) in [6, 6.07) is 10.4. The van der Waals surface area contributed by atoms with Crippen LogP contribution in [0.25, 0.3) is 0 Å². The molecule has 2 aliphatic rings. The molecule has 0 unspecified atom stereocenters. The van der Waals surface area contributed by atoms with Gasteiger partial charge in [-0.2, -0.15) is 0 Å². The minimum atomic E-state index is -0.0892. The van der Waals surface area contributed by atoms with Gasteiger partial charge in [-0.25, -0.2) is 0 Å². The monoisotopic (exact) mass is 398 g/mol. The second-order valence-corrected chi connectivity index (χ2v) is 8.09. The largest absolute Gasteiger partial charge is 0.467 e. The number of nitrogens with zero attached hydrogens (tertiary/aromatic N) is 1. The van der Waals surface area contributed by atoms with E-state index in [2.05, 4.69) is 41.4 Å². The van der Waals surface area contributed by atoms with Gasteiger partial charge in [-0.15, -0.1) is 0 Å². The smallest absolute Gasteiger partial charge is 0.254 e. The first kappa shape index (κ1) is 20.1. The lowest BCUT2D eigenvalue weighted by Crippen LogP contribution is -2.44. The number of aryl methyl sites for hydroxylation is 1. The lowest BCUT2D eigenvalue weighted by molar-refractivity contribution is 0.0311. The van der Waals surface area contributed by atoms with E-state index in [9.17, 15) is 4.79 Å². The van der Waals surface area contributed by atoms with Crippen molar-refractivity contribution in [3.8, 4) is 0 Å². The number of nitrogens with one attached hydrogen (secondary N) is 1. The molecule has 6 heteroatoms. The van der Waals surface area contributed by atoms with E-state index in [1.165, 1.54) is 11.1 Å². The van der Waals surface area contributed by atoms with Crippen molar-refractivity contribution in [1.29, 1.82) is 0 Å². The van der Waals surface area contributed by atoms with E-state index >= 15 is 0 Å². The fourth-order valence-corrected chi connectivity index (χ4v) is 4.28. The number of carbonyl (C=O) groups excluding carboxylic acids is 1. The molecule has 3 heterocycles. The standard InChI is InChI=1S/C23H30N2O4/c1-18-3-2-4-19(15-18)23(6-11-27-12-7-23)17-24-22(26)20-5-10-29-21(20)16-25-8-13-28-14-9-25/h2-5,10,15H,6-9,11-14,16-17H2,1H3,(H,24,26). The molecule has 0 radical (unpaired) electrons. The van der Waals surface area contributed by atoms with Gasteiger partial charge in [0.05, 0.1) is 31.6 Å². The van der Waals surface area contributed by atoms with Crippen LogP contribution in [0.5, 0.6) is 0 Å². The van der Waals surface area contributed by atoms with Crippen LogP contribution in [0, 0.1) is 6.92 Å². The van der Waals surface area contributed by atoms with Crippen LogP contribution in [-0.2, 0) is 21.4 Å². The lowest BCUT2D eigenvalue weighted by Gasteiger charge is -2.38. The van der Waals surface area contributed by atoms with Gasteiger partial charge in [-0.05, 0) is 31.4 Å². The van der Waals surface area contributed by atoms with E-state index in [4.69, 9.17) is 13.9 Å². The molecule has 1 aromatic carbocycles. The summed E-state index contributed by atoms with van der Waals surface area (Å²) >= 11 is 0. The Hall–Kier alpha value is -2.15. The Balaban J connectivity index is 1.46. The zero-order valence-electron chi connectivity index (χ0n) is 17.1. The summed E-state index contributed by atoms with van der Waals surface area (Å²) in [6.07, 6.45) is 3.42. The van der Waals surface area contributed by atoms with Crippen molar-refractivity contribution in [3.05, 3.63) is 59.0 Å². The Morgan fingerprint density at radius 3 is 2.62 bits per heavy atom. The quantitative estimate of drug-likeness (QED) is 0.811. The van der Waals surface area contributed by atoms with E-state index in [1.54, 1.807) is 12.3 Å².